The molecule has 7 atom stereocenters. The Balaban J connectivity index is 1.37. The predicted molar refractivity (Wildman–Crippen MR) is 119 cm³/mol. The lowest BCUT2D eigenvalue weighted by molar-refractivity contribution is -0.274. The normalized spacial score (nSPS) is 41.9. The molecule has 4 fully saturated rings. The summed E-state index contributed by atoms with van der Waals surface area (Å²) < 4.78 is 41.2. The molecule has 1 aromatic rings. The number of hydrogen-bond donors (Lipinski definition) is 1. The highest BCUT2D eigenvalue weighted by molar-refractivity contribution is 6.05. The van der Waals surface area contributed by atoms with E-state index >= 15 is 0 Å². The number of carbonyl (C=O) groups is 1. The van der Waals surface area contributed by atoms with E-state index in [0.29, 0.717) is 23.7 Å². The molecule has 1 N–H and O–H groups in total. The van der Waals surface area contributed by atoms with E-state index in [2.05, 4.69) is 18.6 Å². The van der Waals surface area contributed by atoms with Gasteiger partial charge < -0.3 is 9.84 Å². The summed E-state index contributed by atoms with van der Waals surface area (Å²) in [5.41, 5.74) is 1.44. The molecule has 0 heterocycles. The van der Waals surface area contributed by atoms with Crippen molar-refractivity contribution < 1.29 is 27.8 Å². The third kappa shape index (κ3) is 3.92. The van der Waals surface area contributed by atoms with E-state index in [1.165, 1.54) is 12.1 Å². The van der Waals surface area contributed by atoms with E-state index in [9.17, 15) is 23.1 Å². The lowest BCUT2D eigenvalue weighted by Gasteiger charge is -2.59. The van der Waals surface area contributed by atoms with Gasteiger partial charge in [0.2, 0.25) is 0 Å². The number of aliphatic hydroxyl groups is 1. The van der Waals surface area contributed by atoms with Gasteiger partial charge in [-0.25, -0.2) is 0 Å². The predicted octanol–water partition coefficient (Wildman–Crippen LogP) is 6.55. The summed E-state index contributed by atoms with van der Waals surface area (Å²) in [5.74, 6) is 2.00. The number of halogens is 3. The Morgan fingerprint density at radius 2 is 1.76 bits per heavy atom. The summed E-state index contributed by atoms with van der Waals surface area (Å²) in [6, 6.07) is 5.75. The van der Waals surface area contributed by atoms with Gasteiger partial charge in [-0.05, 0) is 110 Å². The smallest absolute Gasteiger partial charge is 0.406 e. The van der Waals surface area contributed by atoms with Gasteiger partial charge in [-0.1, -0.05) is 26.0 Å². The van der Waals surface area contributed by atoms with Crippen LogP contribution in [-0.2, 0) is 4.79 Å². The number of ketones is 1. The van der Waals surface area contributed by atoms with E-state index in [4.69, 9.17) is 0 Å². The average molecular weight is 463 g/mol. The molecule has 0 radical (unpaired) electrons. The maximum Gasteiger partial charge on any atom is 0.573 e. The number of Topliss-reactive ketones (excluding diaryl/α,β-unsaturated/α-hetero) is 1. The Bertz CT molecular complexity index is 952. The molecule has 180 valence electrons. The number of rotatable bonds is 2. The second-order valence-corrected chi connectivity index (χ2v) is 11.4. The molecule has 0 bridgehead atoms. The maximum absolute atomic E-state index is 13.5. The van der Waals surface area contributed by atoms with Crippen LogP contribution in [0.5, 0.6) is 5.75 Å². The lowest BCUT2D eigenvalue weighted by Crippen LogP contribution is -2.54. The largest absolute Gasteiger partial charge is 0.573 e. The molecule has 0 unspecified atom stereocenters. The Morgan fingerprint density at radius 3 is 2.45 bits per heavy atom. The van der Waals surface area contributed by atoms with Crippen molar-refractivity contribution in [3.05, 3.63) is 35.4 Å². The zero-order chi connectivity index (χ0) is 23.6. The second kappa shape index (κ2) is 7.86. The van der Waals surface area contributed by atoms with Crippen molar-refractivity contribution in [2.45, 2.75) is 77.7 Å². The molecule has 4 aliphatic rings. The fourth-order valence-electron chi connectivity index (χ4n) is 8.00. The van der Waals surface area contributed by atoms with Crippen LogP contribution in [0, 0.1) is 34.5 Å². The quantitative estimate of drug-likeness (QED) is 0.507. The minimum absolute atomic E-state index is 0.163. The Kier molecular flexibility index (Phi) is 5.47. The van der Waals surface area contributed by atoms with E-state index < -0.39 is 6.36 Å². The van der Waals surface area contributed by atoms with Crippen molar-refractivity contribution in [3.63, 3.8) is 0 Å². The Hall–Kier alpha value is -1.82. The molecule has 33 heavy (non-hydrogen) atoms. The molecule has 4 aliphatic carbocycles. The highest BCUT2D eigenvalue weighted by Gasteiger charge is 2.61. The first-order chi connectivity index (χ1) is 15.5. The van der Waals surface area contributed by atoms with Crippen molar-refractivity contribution >= 4 is 11.9 Å². The topological polar surface area (TPSA) is 46.5 Å². The van der Waals surface area contributed by atoms with Crippen LogP contribution in [0.1, 0.15) is 70.8 Å². The number of hydrogen-bond acceptors (Lipinski definition) is 3. The van der Waals surface area contributed by atoms with Gasteiger partial charge >= 0.3 is 6.36 Å². The van der Waals surface area contributed by atoms with Crippen LogP contribution in [0.3, 0.4) is 0 Å². The third-order valence-corrected chi connectivity index (χ3v) is 9.73. The zero-order valence-electron chi connectivity index (χ0n) is 19.3. The maximum atomic E-state index is 13.5. The van der Waals surface area contributed by atoms with Gasteiger partial charge in [0, 0.05) is 5.41 Å². The molecule has 5 rings (SSSR count). The molecule has 3 nitrogen and oxygen atoms in total. The minimum atomic E-state index is -4.71. The summed E-state index contributed by atoms with van der Waals surface area (Å²) in [6.07, 6.45) is 4.85. The minimum Gasteiger partial charge on any atom is -0.406 e. The molecule has 0 aromatic heterocycles. The molecular formula is C27H33F3O3. The van der Waals surface area contributed by atoms with Crippen molar-refractivity contribution in [1.29, 1.82) is 0 Å². The van der Waals surface area contributed by atoms with Crippen molar-refractivity contribution in [3.8, 4) is 5.75 Å². The summed E-state index contributed by atoms with van der Waals surface area (Å²) in [5, 5.41) is 10.2. The summed E-state index contributed by atoms with van der Waals surface area (Å²) in [4.78, 5) is 13.5. The van der Waals surface area contributed by atoms with E-state index in [0.717, 1.165) is 62.5 Å². The van der Waals surface area contributed by atoms with Gasteiger partial charge in [0.05, 0.1) is 6.10 Å². The van der Waals surface area contributed by atoms with Gasteiger partial charge in [0.15, 0.2) is 5.78 Å². The molecule has 0 saturated heterocycles. The van der Waals surface area contributed by atoms with Crippen LogP contribution < -0.4 is 4.74 Å². The number of benzene rings is 1. The zero-order valence-corrected chi connectivity index (χ0v) is 19.3. The van der Waals surface area contributed by atoms with E-state index in [-0.39, 0.29) is 28.5 Å². The highest BCUT2D eigenvalue weighted by Crippen LogP contribution is 2.66. The number of fused-ring (bicyclic) bond motifs is 5. The standard InChI is InChI=1S/C27H33F3O3/c1-25-11-9-19(31)15-18(25)5-8-21-22(25)10-12-26(2)23(21)14-17(24(26)32)13-16-3-6-20(7-4-16)33-27(28,29)30/h3-4,6-7,13,18-19,21-23,31H,5,8-12,14-15H2,1-2H3/b17-13+/t18-,19-,21-,22+,23+,25+,26+/m1/s1. The molecule has 0 spiro atoms. The van der Waals surface area contributed by atoms with Gasteiger partial charge in [-0.15, -0.1) is 13.2 Å². The van der Waals surface area contributed by atoms with Crippen LogP contribution in [0.2, 0.25) is 0 Å². The van der Waals surface area contributed by atoms with Crippen LogP contribution in [0.4, 0.5) is 13.2 Å². The second-order valence-electron chi connectivity index (χ2n) is 11.4. The number of ether oxygens (including phenoxy) is 1. The molecule has 6 heteroatoms. The molecule has 0 amide bonds. The van der Waals surface area contributed by atoms with Crippen LogP contribution in [-0.4, -0.2) is 23.4 Å². The first kappa shape index (κ1) is 22.9. The van der Waals surface area contributed by atoms with Crippen LogP contribution in [0.25, 0.3) is 6.08 Å². The first-order valence-electron chi connectivity index (χ1n) is 12.3. The average Bonchev–Trinajstić information content (AvgIpc) is 2.99. The highest BCUT2D eigenvalue weighted by atomic mass is 19.4. The summed E-state index contributed by atoms with van der Waals surface area (Å²) in [7, 11) is 0. The van der Waals surface area contributed by atoms with Gasteiger partial charge in [0.25, 0.3) is 0 Å². The lowest BCUT2D eigenvalue weighted by atomic mass is 9.45. The fourth-order valence-corrected chi connectivity index (χ4v) is 8.00. The molecular weight excluding hydrogens is 429 g/mol. The summed E-state index contributed by atoms with van der Waals surface area (Å²) >= 11 is 0. The van der Waals surface area contributed by atoms with Crippen molar-refractivity contribution in [2.24, 2.45) is 34.5 Å². The van der Waals surface area contributed by atoms with Gasteiger partial charge in [-0.3, -0.25) is 4.79 Å². The molecule has 0 aliphatic heterocycles. The summed E-state index contributed by atoms with van der Waals surface area (Å²) in [6.45, 7) is 4.57. The number of carbonyl (C=O) groups excluding carboxylic acids is 1. The van der Waals surface area contributed by atoms with Crippen LogP contribution >= 0.6 is 0 Å². The van der Waals surface area contributed by atoms with E-state index in [1.807, 2.05) is 6.08 Å². The number of alkyl halides is 3. The van der Waals surface area contributed by atoms with Gasteiger partial charge in [-0.2, -0.15) is 0 Å². The Labute approximate surface area is 193 Å². The Morgan fingerprint density at radius 1 is 1.03 bits per heavy atom. The number of aliphatic hydroxyl groups excluding tert-OH is 1. The first-order valence-corrected chi connectivity index (χ1v) is 12.3. The molecule has 4 saturated carbocycles. The van der Waals surface area contributed by atoms with Crippen molar-refractivity contribution in [2.75, 3.05) is 0 Å². The fraction of sp³-hybridized carbons (Fsp3) is 0.667. The van der Waals surface area contributed by atoms with E-state index in [1.54, 1.807) is 12.1 Å². The number of allylic oxidation sites excluding steroid dienone is 1. The van der Waals surface area contributed by atoms with Gasteiger partial charge in [0.1, 0.15) is 5.75 Å². The monoisotopic (exact) mass is 462 g/mol. The third-order valence-electron chi connectivity index (χ3n) is 9.73. The van der Waals surface area contributed by atoms with Crippen molar-refractivity contribution in [1.82, 2.24) is 0 Å². The molecule has 1 aromatic carbocycles. The SMILES string of the molecule is C[C@]12CC[C@@H](O)C[C@H]1CC[C@@H]1[C@@H]2CC[C@]2(C)C(=O)/C(=C/c3ccc(OC(F)(F)F)cc3)C[C@@H]12. The van der Waals surface area contributed by atoms with Crippen LogP contribution in [0.15, 0.2) is 29.8 Å².